The Morgan fingerprint density at radius 3 is 2.34 bits per heavy atom. The number of carbonyl (C=O) groups excluding carboxylic acids is 1. The van der Waals surface area contributed by atoms with Gasteiger partial charge in [-0.15, -0.1) is 0 Å². The minimum atomic E-state index is -4.49. The zero-order valence-corrected chi connectivity index (χ0v) is 17.3. The van der Waals surface area contributed by atoms with Gasteiger partial charge >= 0.3 is 6.18 Å². The van der Waals surface area contributed by atoms with Gasteiger partial charge in [-0.25, -0.2) is 0 Å². The van der Waals surface area contributed by atoms with Crippen molar-refractivity contribution in [3.63, 3.8) is 0 Å². The third-order valence-electron chi connectivity index (χ3n) is 4.07. The number of phenols is 1. The Morgan fingerprint density at radius 2 is 1.79 bits per heavy atom. The molecule has 0 saturated heterocycles. The highest BCUT2D eigenvalue weighted by molar-refractivity contribution is 6.36. The summed E-state index contributed by atoms with van der Waals surface area (Å²) in [5.74, 6) is -0.392. The van der Waals surface area contributed by atoms with Crippen molar-refractivity contribution < 1.29 is 27.8 Å². The number of aromatic hydroxyl groups is 1. The van der Waals surface area contributed by atoms with Crippen molar-refractivity contribution in [2.75, 3.05) is 13.2 Å². The molecule has 0 aliphatic heterocycles. The second-order valence-electron chi connectivity index (χ2n) is 6.77. The molecule has 0 unspecified atom stereocenters. The molecule has 2 N–H and O–H groups in total. The number of rotatable bonds is 7. The molecule has 0 fully saturated rings. The van der Waals surface area contributed by atoms with Crippen LogP contribution in [0.15, 0.2) is 30.3 Å². The molecular weight excluding hydrogens is 430 g/mol. The predicted octanol–water partition coefficient (Wildman–Crippen LogP) is 5.47. The monoisotopic (exact) mass is 449 g/mol. The van der Waals surface area contributed by atoms with Crippen LogP contribution in [0.3, 0.4) is 0 Å². The summed E-state index contributed by atoms with van der Waals surface area (Å²) in [5.41, 5.74) is 2.33. The Labute approximate surface area is 176 Å². The van der Waals surface area contributed by atoms with E-state index in [0.29, 0.717) is 22.0 Å². The van der Waals surface area contributed by atoms with Gasteiger partial charge in [0.05, 0.1) is 0 Å². The molecule has 0 heterocycles. The first-order valence-electron chi connectivity index (χ1n) is 8.72. The summed E-state index contributed by atoms with van der Waals surface area (Å²) >= 11 is 12.6. The normalized spacial score (nSPS) is 11.6. The molecule has 0 aliphatic rings. The molecule has 9 heteroatoms. The fraction of sp³-hybridized carbons (Fsp3) is 0.350. The number of alkyl halides is 3. The van der Waals surface area contributed by atoms with Gasteiger partial charge in [0.1, 0.15) is 18.0 Å². The lowest BCUT2D eigenvalue weighted by Gasteiger charge is -2.14. The molecule has 0 aromatic heterocycles. The number of ether oxygens (including phenoxy) is 1. The zero-order chi connectivity index (χ0) is 21.8. The molecule has 0 spiro atoms. The second kappa shape index (κ2) is 9.59. The molecule has 0 radical (unpaired) electrons. The summed E-state index contributed by atoms with van der Waals surface area (Å²) in [6.07, 6.45) is -4.09. The van der Waals surface area contributed by atoms with Crippen molar-refractivity contribution in [3.05, 3.63) is 57.1 Å². The van der Waals surface area contributed by atoms with E-state index in [1.807, 2.05) is 19.9 Å². The third-order valence-corrected chi connectivity index (χ3v) is 4.74. The lowest BCUT2D eigenvalue weighted by Crippen LogP contribution is -2.36. The van der Waals surface area contributed by atoms with Crippen LogP contribution in [0.2, 0.25) is 10.0 Å². The smallest absolute Gasteiger partial charge is 0.405 e. The van der Waals surface area contributed by atoms with E-state index in [9.17, 15) is 23.1 Å². The van der Waals surface area contributed by atoms with Gasteiger partial charge < -0.3 is 15.2 Å². The Kier molecular flexibility index (Phi) is 7.66. The van der Waals surface area contributed by atoms with Crippen LogP contribution in [-0.2, 0) is 11.2 Å². The van der Waals surface area contributed by atoms with E-state index in [0.717, 1.165) is 11.1 Å². The minimum absolute atomic E-state index is 0.139. The summed E-state index contributed by atoms with van der Waals surface area (Å²) in [5, 5.41) is 12.2. The molecule has 2 aromatic rings. The van der Waals surface area contributed by atoms with Crippen molar-refractivity contribution in [2.24, 2.45) is 0 Å². The van der Waals surface area contributed by atoms with Crippen molar-refractivity contribution in [2.45, 2.75) is 32.4 Å². The summed E-state index contributed by atoms with van der Waals surface area (Å²) in [4.78, 5) is 11.4. The molecule has 4 nitrogen and oxygen atoms in total. The number of halogens is 5. The van der Waals surface area contributed by atoms with Crippen LogP contribution in [0.5, 0.6) is 11.5 Å². The lowest BCUT2D eigenvalue weighted by atomic mass is 9.96. The number of hydrogen-bond donors (Lipinski definition) is 2. The lowest BCUT2D eigenvalue weighted by molar-refractivity contribution is -0.139. The number of amides is 1. The average Bonchev–Trinajstić information content (AvgIpc) is 2.61. The maximum absolute atomic E-state index is 12.1. The van der Waals surface area contributed by atoms with Gasteiger partial charge in [-0.3, -0.25) is 4.79 Å². The Balaban J connectivity index is 2.08. The predicted molar refractivity (Wildman–Crippen MR) is 106 cm³/mol. The summed E-state index contributed by atoms with van der Waals surface area (Å²) in [6, 6.07) is 8.15. The number of nitrogens with one attached hydrogen (secondary N) is 1. The largest absolute Gasteiger partial charge is 0.508 e. The van der Waals surface area contributed by atoms with Crippen molar-refractivity contribution in [1.82, 2.24) is 5.32 Å². The average molecular weight is 450 g/mol. The van der Waals surface area contributed by atoms with E-state index in [4.69, 9.17) is 27.9 Å². The Bertz CT molecular complexity index is 863. The van der Waals surface area contributed by atoms with Crippen LogP contribution in [0.25, 0.3) is 0 Å². The first kappa shape index (κ1) is 23.2. The highest BCUT2D eigenvalue weighted by Crippen LogP contribution is 2.34. The van der Waals surface area contributed by atoms with E-state index >= 15 is 0 Å². The maximum Gasteiger partial charge on any atom is 0.405 e. The fourth-order valence-electron chi connectivity index (χ4n) is 2.61. The number of phenolic OH excluding ortho intramolecular Hbond substituents is 1. The van der Waals surface area contributed by atoms with E-state index in [1.165, 1.54) is 12.1 Å². The van der Waals surface area contributed by atoms with Crippen molar-refractivity contribution >= 4 is 29.1 Å². The fourth-order valence-corrected chi connectivity index (χ4v) is 3.21. The molecule has 0 atom stereocenters. The molecule has 0 bridgehead atoms. The highest BCUT2D eigenvalue weighted by atomic mass is 35.5. The van der Waals surface area contributed by atoms with E-state index in [-0.39, 0.29) is 17.4 Å². The topological polar surface area (TPSA) is 58.6 Å². The Hall–Kier alpha value is -2.12. The van der Waals surface area contributed by atoms with Gasteiger partial charge in [-0.1, -0.05) is 49.2 Å². The van der Waals surface area contributed by atoms with E-state index in [1.54, 1.807) is 17.4 Å². The first-order chi connectivity index (χ1) is 13.5. The van der Waals surface area contributed by atoms with Gasteiger partial charge in [-0.2, -0.15) is 13.2 Å². The van der Waals surface area contributed by atoms with Crippen molar-refractivity contribution in [1.29, 1.82) is 0 Å². The van der Waals surface area contributed by atoms with Gasteiger partial charge in [0.25, 0.3) is 5.91 Å². The quantitative estimate of drug-likeness (QED) is 0.588. The molecular formula is C20H20Cl2F3NO3. The molecule has 2 rings (SSSR count). The van der Waals surface area contributed by atoms with Gasteiger partial charge in [0, 0.05) is 16.5 Å². The van der Waals surface area contributed by atoms with Crippen LogP contribution >= 0.6 is 23.2 Å². The van der Waals surface area contributed by atoms with Gasteiger partial charge in [-0.05, 0) is 40.8 Å². The Morgan fingerprint density at radius 1 is 1.17 bits per heavy atom. The van der Waals surface area contributed by atoms with Crippen LogP contribution in [0, 0.1) is 0 Å². The molecule has 29 heavy (non-hydrogen) atoms. The molecule has 158 valence electrons. The molecule has 1 amide bonds. The van der Waals surface area contributed by atoms with Crippen LogP contribution < -0.4 is 10.1 Å². The second-order valence-corrected chi connectivity index (χ2v) is 7.59. The highest BCUT2D eigenvalue weighted by Gasteiger charge is 2.27. The summed E-state index contributed by atoms with van der Waals surface area (Å²) in [7, 11) is 0. The van der Waals surface area contributed by atoms with Crippen LogP contribution in [0.4, 0.5) is 13.2 Å². The SMILES string of the molecule is CC(C)c1cc(Cc2c(Cl)cc(OCC(=O)NCC(F)(F)F)cc2Cl)ccc1O. The first-order valence-corrected chi connectivity index (χ1v) is 9.48. The van der Waals surface area contributed by atoms with Crippen LogP contribution in [0.1, 0.15) is 36.5 Å². The number of benzene rings is 2. The third kappa shape index (κ3) is 7.01. The minimum Gasteiger partial charge on any atom is -0.508 e. The summed E-state index contributed by atoms with van der Waals surface area (Å²) < 4.78 is 41.5. The maximum atomic E-state index is 12.1. The molecule has 0 aliphatic carbocycles. The van der Waals surface area contributed by atoms with E-state index < -0.39 is 25.2 Å². The zero-order valence-electron chi connectivity index (χ0n) is 15.7. The number of carbonyl (C=O) groups is 1. The van der Waals surface area contributed by atoms with E-state index in [2.05, 4.69) is 0 Å². The molecule has 2 aromatic carbocycles. The molecule has 0 saturated carbocycles. The number of hydrogen-bond acceptors (Lipinski definition) is 3. The van der Waals surface area contributed by atoms with Crippen molar-refractivity contribution in [3.8, 4) is 11.5 Å². The van der Waals surface area contributed by atoms with Gasteiger partial charge in [0.2, 0.25) is 0 Å². The standard InChI is InChI=1S/C20H20Cl2F3NO3/c1-11(2)14-5-12(3-4-18(14)27)6-15-16(21)7-13(8-17(15)22)29-9-19(28)26-10-20(23,24)25/h3-5,7-8,11,27H,6,9-10H2,1-2H3,(H,26,28). The summed E-state index contributed by atoms with van der Waals surface area (Å²) in [6.45, 7) is 1.91. The van der Waals surface area contributed by atoms with Crippen LogP contribution in [-0.4, -0.2) is 30.3 Å². The van der Waals surface area contributed by atoms with Gasteiger partial charge in [0.15, 0.2) is 6.61 Å².